The lowest BCUT2D eigenvalue weighted by Crippen LogP contribution is -2.28. The third-order valence-corrected chi connectivity index (χ3v) is 5.86. The average molecular weight is 297 g/mol. The molecule has 1 aromatic rings. The SMILES string of the molecule is Cc1cc(NN)cc(C)c1S(=O)(=O)NCC1CC1(C)C. The van der Waals surface area contributed by atoms with Crippen LogP contribution >= 0.6 is 0 Å². The molecule has 0 amide bonds. The van der Waals surface area contributed by atoms with Gasteiger partial charge in [-0.05, 0) is 54.9 Å². The molecular weight excluding hydrogens is 274 g/mol. The maximum Gasteiger partial charge on any atom is 0.241 e. The highest BCUT2D eigenvalue weighted by Crippen LogP contribution is 2.51. The van der Waals surface area contributed by atoms with Gasteiger partial charge in [-0.15, -0.1) is 0 Å². The van der Waals surface area contributed by atoms with E-state index in [0.717, 1.165) is 6.42 Å². The number of nitrogen functional groups attached to an aromatic ring is 1. The van der Waals surface area contributed by atoms with E-state index in [1.165, 1.54) is 0 Å². The van der Waals surface area contributed by atoms with Crippen molar-refractivity contribution in [3.8, 4) is 0 Å². The van der Waals surface area contributed by atoms with Crippen molar-refractivity contribution < 1.29 is 8.42 Å². The number of anilines is 1. The highest BCUT2D eigenvalue weighted by molar-refractivity contribution is 7.89. The summed E-state index contributed by atoms with van der Waals surface area (Å²) in [7, 11) is -3.47. The van der Waals surface area contributed by atoms with Gasteiger partial charge in [0.05, 0.1) is 4.90 Å². The van der Waals surface area contributed by atoms with E-state index < -0.39 is 10.0 Å². The van der Waals surface area contributed by atoms with Crippen molar-refractivity contribution in [2.24, 2.45) is 17.2 Å². The van der Waals surface area contributed by atoms with Crippen LogP contribution in [0.5, 0.6) is 0 Å². The third kappa shape index (κ3) is 2.97. The smallest absolute Gasteiger partial charge is 0.241 e. The molecular formula is C14H23N3O2S. The van der Waals surface area contributed by atoms with Crippen LogP contribution in [0.2, 0.25) is 0 Å². The van der Waals surface area contributed by atoms with Crippen molar-refractivity contribution in [2.45, 2.75) is 39.0 Å². The molecule has 1 aliphatic carbocycles. The molecule has 0 aromatic heterocycles. The molecule has 0 heterocycles. The van der Waals surface area contributed by atoms with Gasteiger partial charge in [0.25, 0.3) is 0 Å². The van der Waals surface area contributed by atoms with Crippen molar-refractivity contribution in [2.75, 3.05) is 12.0 Å². The highest BCUT2D eigenvalue weighted by atomic mass is 32.2. The monoisotopic (exact) mass is 297 g/mol. The fraction of sp³-hybridized carbons (Fsp3) is 0.571. The molecule has 1 unspecified atom stereocenters. The van der Waals surface area contributed by atoms with Gasteiger partial charge in [0.2, 0.25) is 10.0 Å². The zero-order chi connectivity index (χ0) is 15.1. The lowest BCUT2D eigenvalue weighted by atomic mass is 10.1. The van der Waals surface area contributed by atoms with Crippen LogP contribution in [0.25, 0.3) is 0 Å². The van der Waals surface area contributed by atoms with Gasteiger partial charge in [0, 0.05) is 12.2 Å². The fourth-order valence-electron chi connectivity index (χ4n) is 2.66. The van der Waals surface area contributed by atoms with Gasteiger partial charge < -0.3 is 5.43 Å². The van der Waals surface area contributed by atoms with Gasteiger partial charge in [0.1, 0.15) is 0 Å². The number of aryl methyl sites for hydroxylation is 2. The van der Waals surface area contributed by atoms with Crippen LogP contribution in [0.4, 0.5) is 5.69 Å². The predicted molar refractivity (Wildman–Crippen MR) is 80.8 cm³/mol. The lowest BCUT2D eigenvalue weighted by Gasteiger charge is -2.14. The average Bonchev–Trinajstić information content (AvgIpc) is 2.93. The van der Waals surface area contributed by atoms with Crippen LogP contribution in [0.1, 0.15) is 31.4 Å². The van der Waals surface area contributed by atoms with Gasteiger partial charge >= 0.3 is 0 Å². The van der Waals surface area contributed by atoms with E-state index in [0.29, 0.717) is 34.2 Å². The molecule has 0 aliphatic heterocycles. The summed E-state index contributed by atoms with van der Waals surface area (Å²) in [5, 5.41) is 0. The molecule has 1 atom stereocenters. The standard InChI is InChI=1S/C14H23N3O2S/c1-9-5-12(17-15)6-10(2)13(9)20(18,19)16-8-11-7-14(11,3)4/h5-6,11,16-17H,7-8,15H2,1-4H3. The Bertz CT molecular complexity index is 600. The number of hydrogen-bond donors (Lipinski definition) is 3. The Kier molecular flexibility index (Phi) is 3.83. The number of rotatable bonds is 5. The zero-order valence-corrected chi connectivity index (χ0v) is 13.3. The van der Waals surface area contributed by atoms with Crippen LogP contribution in [0.3, 0.4) is 0 Å². The first kappa shape index (κ1) is 15.3. The summed E-state index contributed by atoms with van der Waals surface area (Å²) in [6, 6.07) is 3.48. The van der Waals surface area contributed by atoms with Crippen molar-refractivity contribution in [3.05, 3.63) is 23.3 Å². The van der Waals surface area contributed by atoms with Gasteiger partial charge in [-0.3, -0.25) is 5.84 Å². The molecule has 1 aliphatic rings. The highest BCUT2D eigenvalue weighted by Gasteiger charge is 2.45. The molecule has 6 heteroatoms. The van der Waals surface area contributed by atoms with Crippen molar-refractivity contribution in [3.63, 3.8) is 0 Å². The molecule has 5 nitrogen and oxygen atoms in total. The molecule has 0 bridgehead atoms. The second-order valence-electron chi connectivity index (χ2n) is 6.33. The number of nitrogens with two attached hydrogens (primary N) is 1. The first-order valence-corrected chi connectivity index (χ1v) is 8.23. The van der Waals surface area contributed by atoms with Crippen molar-refractivity contribution in [1.29, 1.82) is 0 Å². The maximum absolute atomic E-state index is 12.5. The first-order chi connectivity index (χ1) is 9.17. The summed E-state index contributed by atoms with van der Waals surface area (Å²) in [5.41, 5.74) is 4.91. The maximum atomic E-state index is 12.5. The summed E-state index contributed by atoms with van der Waals surface area (Å²) < 4.78 is 27.6. The Labute approximate surface area is 121 Å². The Hall–Kier alpha value is -1.11. The molecule has 0 saturated heterocycles. The van der Waals surface area contributed by atoms with Gasteiger partial charge in [-0.2, -0.15) is 0 Å². The Morgan fingerprint density at radius 3 is 2.20 bits per heavy atom. The Morgan fingerprint density at radius 2 is 1.80 bits per heavy atom. The third-order valence-electron chi connectivity index (χ3n) is 4.13. The molecule has 1 fully saturated rings. The molecule has 2 rings (SSSR count). The summed E-state index contributed by atoms with van der Waals surface area (Å²) in [5.74, 6) is 5.80. The van der Waals surface area contributed by atoms with Crippen LogP contribution in [0.15, 0.2) is 17.0 Å². The van der Waals surface area contributed by atoms with Crippen LogP contribution in [-0.4, -0.2) is 15.0 Å². The molecule has 20 heavy (non-hydrogen) atoms. The molecule has 112 valence electrons. The van der Waals surface area contributed by atoms with E-state index in [1.54, 1.807) is 26.0 Å². The van der Waals surface area contributed by atoms with Gasteiger partial charge in [-0.25, -0.2) is 13.1 Å². The summed E-state index contributed by atoms with van der Waals surface area (Å²) in [6.45, 7) is 8.38. The molecule has 4 N–H and O–H groups in total. The number of nitrogens with one attached hydrogen (secondary N) is 2. The summed E-state index contributed by atoms with van der Waals surface area (Å²) in [4.78, 5) is 0.356. The van der Waals surface area contributed by atoms with E-state index in [9.17, 15) is 8.42 Å². The van der Waals surface area contributed by atoms with E-state index in [-0.39, 0.29) is 5.41 Å². The predicted octanol–water partition coefficient (Wildman–Crippen LogP) is 1.91. The minimum atomic E-state index is -3.47. The number of benzene rings is 1. The van der Waals surface area contributed by atoms with Crippen LogP contribution < -0.4 is 16.0 Å². The minimum absolute atomic E-state index is 0.264. The van der Waals surface area contributed by atoms with Crippen LogP contribution in [0, 0.1) is 25.2 Å². The number of sulfonamides is 1. The van der Waals surface area contributed by atoms with E-state index in [1.807, 2.05) is 0 Å². The molecule has 1 aromatic carbocycles. The number of hydrogen-bond acceptors (Lipinski definition) is 4. The lowest BCUT2D eigenvalue weighted by molar-refractivity contribution is 0.537. The summed E-state index contributed by atoms with van der Waals surface area (Å²) >= 11 is 0. The normalized spacial score (nSPS) is 20.8. The molecule has 0 radical (unpaired) electrons. The molecule has 0 spiro atoms. The number of hydrazine groups is 1. The Balaban J connectivity index is 2.21. The van der Waals surface area contributed by atoms with Gasteiger partial charge in [0.15, 0.2) is 0 Å². The zero-order valence-electron chi connectivity index (χ0n) is 12.4. The van der Waals surface area contributed by atoms with Gasteiger partial charge in [-0.1, -0.05) is 13.8 Å². The topological polar surface area (TPSA) is 84.2 Å². The van der Waals surface area contributed by atoms with Crippen molar-refractivity contribution in [1.82, 2.24) is 4.72 Å². The Morgan fingerprint density at radius 1 is 1.30 bits per heavy atom. The van der Waals surface area contributed by atoms with E-state index >= 15 is 0 Å². The summed E-state index contributed by atoms with van der Waals surface area (Å²) in [6.07, 6.45) is 1.07. The van der Waals surface area contributed by atoms with E-state index in [4.69, 9.17) is 5.84 Å². The fourth-order valence-corrected chi connectivity index (χ4v) is 4.20. The van der Waals surface area contributed by atoms with Crippen molar-refractivity contribution >= 4 is 15.7 Å². The van der Waals surface area contributed by atoms with Crippen LogP contribution in [-0.2, 0) is 10.0 Å². The minimum Gasteiger partial charge on any atom is -0.324 e. The largest absolute Gasteiger partial charge is 0.324 e. The second-order valence-corrected chi connectivity index (χ2v) is 8.03. The quantitative estimate of drug-likeness (QED) is 0.572. The molecule has 1 saturated carbocycles. The second kappa shape index (κ2) is 5.02. The first-order valence-electron chi connectivity index (χ1n) is 6.75. The van der Waals surface area contributed by atoms with E-state index in [2.05, 4.69) is 24.0 Å².